The van der Waals surface area contributed by atoms with E-state index in [2.05, 4.69) is 5.32 Å². The number of halogens is 1. The van der Waals surface area contributed by atoms with Crippen LogP contribution in [0, 0.1) is 12.7 Å². The van der Waals surface area contributed by atoms with Crippen molar-refractivity contribution in [2.75, 3.05) is 18.2 Å². The first-order valence-electron chi connectivity index (χ1n) is 7.87. The number of imide groups is 1. The lowest BCUT2D eigenvalue weighted by molar-refractivity contribution is -0.122. The molecule has 0 bridgehead atoms. The first-order chi connectivity index (χ1) is 12.5. The summed E-state index contributed by atoms with van der Waals surface area (Å²) in [6.07, 6.45) is 3.70. The van der Waals surface area contributed by atoms with E-state index >= 15 is 0 Å². The summed E-state index contributed by atoms with van der Waals surface area (Å²) in [6, 6.07) is 12.1. The lowest BCUT2D eigenvalue weighted by atomic mass is 10.2. The van der Waals surface area contributed by atoms with Crippen molar-refractivity contribution in [3.8, 4) is 0 Å². The SMILES string of the molecule is CSc1ccc(C=C2SC(=O)N(CNc3cc(F)ccc3C)C2=O)cc1. The van der Waals surface area contributed by atoms with Gasteiger partial charge in [-0.15, -0.1) is 11.8 Å². The Morgan fingerprint density at radius 2 is 1.92 bits per heavy atom. The Hall–Kier alpha value is -2.25. The van der Waals surface area contributed by atoms with Crippen molar-refractivity contribution >= 4 is 46.4 Å². The average Bonchev–Trinajstić information content (AvgIpc) is 2.90. The molecule has 2 aromatic rings. The van der Waals surface area contributed by atoms with E-state index in [1.165, 1.54) is 12.1 Å². The highest BCUT2D eigenvalue weighted by atomic mass is 32.2. The van der Waals surface area contributed by atoms with Gasteiger partial charge in [-0.05, 0) is 66.4 Å². The van der Waals surface area contributed by atoms with Gasteiger partial charge >= 0.3 is 0 Å². The largest absolute Gasteiger partial charge is 0.367 e. The lowest BCUT2D eigenvalue weighted by Gasteiger charge is -2.16. The van der Waals surface area contributed by atoms with Gasteiger partial charge in [0, 0.05) is 10.6 Å². The van der Waals surface area contributed by atoms with Crippen LogP contribution in [0.15, 0.2) is 52.3 Å². The third-order valence-electron chi connectivity index (χ3n) is 3.91. The van der Waals surface area contributed by atoms with E-state index < -0.39 is 0 Å². The third kappa shape index (κ3) is 4.11. The molecule has 2 amide bonds. The van der Waals surface area contributed by atoms with Gasteiger partial charge < -0.3 is 5.32 Å². The molecule has 0 radical (unpaired) electrons. The molecule has 2 aromatic carbocycles. The van der Waals surface area contributed by atoms with Crippen LogP contribution in [0.2, 0.25) is 0 Å². The molecule has 1 fully saturated rings. The van der Waals surface area contributed by atoms with Crippen molar-refractivity contribution in [1.29, 1.82) is 0 Å². The Morgan fingerprint density at radius 3 is 2.62 bits per heavy atom. The van der Waals surface area contributed by atoms with Crippen LogP contribution in [0.3, 0.4) is 0 Å². The highest BCUT2D eigenvalue weighted by molar-refractivity contribution is 8.18. The molecule has 0 aliphatic carbocycles. The normalized spacial score (nSPS) is 15.8. The van der Waals surface area contributed by atoms with Gasteiger partial charge in [-0.3, -0.25) is 14.5 Å². The Morgan fingerprint density at radius 1 is 1.19 bits per heavy atom. The molecule has 0 unspecified atom stereocenters. The van der Waals surface area contributed by atoms with E-state index in [0.717, 1.165) is 32.7 Å². The number of benzene rings is 2. The van der Waals surface area contributed by atoms with Crippen LogP contribution in [-0.2, 0) is 4.79 Å². The van der Waals surface area contributed by atoms with Crippen LogP contribution in [0.4, 0.5) is 14.9 Å². The molecule has 0 spiro atoms. The zero-order chi connectivity index (χ0) is 18.7. The fraction of sp³-hybridized carbons (Fsp3) is 0.158. The Balaban J connectivity index is 1.72. The van der Waals surface area contributed by atoms with E-state index in [-0.39, 0.29) is 23.6 Å². The summed E-state index contributed by atoms with van der Waals surface area (Å²) >= 11 is 2.55. The third-order valence-corrected chi connectivity index (χ3v) is 5.57. The van der Waals surface area contributed by atoms with Gasteiger partial charge in [0.2, 0.25) is 0 Å². The van der Waals surface area contributed by atoms with Gasteiger partial charge in [-0.25, -0.2) is 4.39 Å². The second-order valence-electron chi connectivity index (χ2n) is 5.68. The number of nitrogens with one attached hydrogen (secondary N) is 1. The van der Waals surface area contributed by atoms with E-state index in [0.29, 0.717) is 10.6 Å². The average molecular weight is 388 g/mol. The summed E-state index contributed by atoms with van der Waals surface area (Å²) in [5, 5.41) is 2.61. The maximum Gasteiger partial charge on any atom is 0.295 e. The van der Waals surface area contributed by atoms with Crippen molar-refractivity contribution in [2.24, 2.45) is 0 Å². The fourth-order valence-corrected chi connectivity index (χ4v) is 3.68. The Labute approximate surface area is 159 Å². The highest BCUT2D eigenvalue weighted by Crippen LogP contribution is 2.32. The molecule has 1 heterocycles. The van der Waals surface area contributed by atoms with E-state index in [1.54, 1.807) is 23.9 Å². The standard InChI is InChI=1S/C19H17FN2O2S2/c1-12-3-6-14(20)10-16(12)21-11-22-18(23)17(26-19(22)24)9-13-4-7-15(25-2)8-5-13/h3-10,21H,11H2,1-2H3. The number of carbonyl (C=O) groups is 2. The first kappa shape index (κ1) is 18.5. The van der Waals surface area contributed by atoms with Crippen LogP contribution >= 0.6 is 23.5 Å². The second kappa shape index (κ2) is 7.97. The molecule has 4 nitrogen and oxygen atoms in total. The Kier molecular flexibility index (Phi) is 5.68. The molecule has 0 atom stereocenters. The summed E-state index contributed by atoms with van der Waals surface area (Å²) in [6.45, 7) is 1.82. The molecule has 0 saturated carbocycles. The van der Waals surface area contributed by atoms with Crippen molar-refractivity contribution in [1.82, 2.24) is 4.90 Å². The summed E-state index contributed by atoms with van der Waals surface area (Å²) in [5.41, 5.74) is 2.26. The summed E-state index contributed by atoms with van der Waals surface area (Å²) in [5.74, 6) is -0.726. The topological polar surface area (TPSA) is 49.4 Å². The van der Waals surface area contributed by atoms with Crippen LogP contribution in [0.25, 0.3) is 6.08 Å². The van der Waals surface area contributed by atoms with E-state index in [4.69, 9.17) is 0 Å². The zero-order valence-electron chi connectivity index (χ0n) is 14.3. The van der Waals surface area contributed by atoms with Crippen LogP contribution in [0.5, 0.6) is 0 Å². The maximum absolute atomic E-state index is 13.4. The molecule has 1 saturated heterocycles. The van der Waals surface area contributed by atoms with Crippen LogP contribution in [-0.4, -0.2) is 29.0 Å². The lowest BCUT2D eigenvalue weighted by Crippen LogP contribution is -2.33. The van der Waals surface area contributed by atoms with Crippen molar-refractivity contribution in [3.63, 3.8) is 0 Å². The van der Waals surface area contributed by atoms with E-state index in [9.17, 15) is 14.0 Å². The van der Waals surface area contributed by atoms with Crippen LogP contribution < -0.4 is 5.32 Å². The number of aryl methyl sites for hydroxylation is 1. The zero-order valence-corrected chi connectivity index (χ0v) is 15.9. The molecular weight excluding hydrogens is 371 g/mol. The summed E-state index contributed by atoms with van der Waals surface area (Å²) in [4.78, 5) is 27.3. The molecule has 1 aliphatic heterocycles. The van der Waals surface area contributed by atoms with Gasteiger partial charge in [0.1, 0.15) is 5.82 Å². The smallest absolute Gasteiger partial charge is 0.295 e. The van der Waals surface area contributed by atoms with Gasteiger partial charge in [0.25, 0.3) is 11.1 Å². The van der Waals surface area contributed by atoms with Crippen LogP contribution in [0.1, 0.15) is 11.1 Å². The summed E-state index contributed by atoms with van der Waals surface area (Å²) < 4.78 is 13.4. The summed E-state index contributed by atoms with van der Waals surface area (Å²) in [7, 11) is 0. The minimum absolute atomic E-state index is 0.00227. The molecule has 134 valence electrons. The first-order valence-corrected chi connectivity index (χ1v) is 9.91. The Bertz CT molecular complexity index is 882. The fourth-order valence-electron chi connectivity index (χ4n) is 2.44. The van der Waals surface area contributed by atoms with Crippen molar-refractivity contribution in [3.05, 3.63) is 64.3 Å². The molecule has 3 rings (SSSR count). The molecule has 1 N–H and O–H groups in total. The number of hydrogen-bond acceptors (Lipinski definition) is 5. The number of thioether (sulfide) groups is 2. The molecule has 0 aromatic heterocycles. The monoisotopic (exact) mass is 388 g/mol. The number of amides is 2. The van der Waals surface area contributed by atoms with Gasteiger partial charge in [-0.2, -0.15) is 0 Å². The predicted octanol–water partition coefficient (Wildman–Crippen LogP) is 4.96. The number of rotatable bonds is 5. The minimum atomic E-state index is -0.374. The number of hydrogen-bond donors (Lipinski definition) is 1. The minimum Gasteiger partial charge on any atom is -0.367 e. The van der Waals surface area contributed by atoms with Crippen molar-refractivity contribution in [2.45, 2.75) is 11.8 Å². The molecule has 7 heteroatoms. The number of anilines is 1. The predicted molar refractivity (Wildman–Crippen MR) is 106 cm³/mol. The van der Waals surface area contributed by atoms with E-state index in [1.807, 2.05) is 37.4 Å². The second-order valence-corrected chi connectivity index (χ2v) is 7.55. The van der Waals surface area contributed by atoms with Gasteiger partial charge in [0.15, 0.2) is 0 Å². The molecular formula is C19H17FN2O2S2. The van der Waals surface area contributed by atoms with Gasteiger partial charge in [0.05, 0.1) is 11.6 Å². The maximum atomic E-state index is 13.4. The number of nitrogens with zero attached hydrogens (tertiary/aromatic N) is 1. The van der Waals surface area contributed by atoms with Crippen molar-refractivity contribution < 1.29 is 14.0 Å². The quantitative estimate of drug-likeness (QED) is 0.579. The molecule has 26 heavy (non-hydrogen) atoms. The number of carbonyl (C=O) groups excluding carboxylic acids is 2. The highest BCUT2D eigenvalue weighted by Gasteiger charge is 2.34. The van der Waals surface area contributed by atoms with Gasteiger partial charge in [-0.1, -0.05) is 18.2 Å². The molecule has 1 aliphatic rings.